The smallest absolute Gasteiger partial charge is 0.207 e. The first-order chi connectivity index (χ1) is 28.4. The number of benzene rings is 4. The van der Waals surface area contributed by atoms with Gasteiger partial charge in [-0.2, -0.15) is 12.9 Å². The molecule has 0 spiro atoms. The van der Waals surface area contributed by atoms with E-state index in [9.17, 15) is 51.2 Å². The van der Waals surface area contributed by atoms with Crippen molar-refractivity contribution in [1.29, 1.82) is 0 Å². The SMILES string of the molecule is C/C=C/CN(C/C=C/CN(C/C=C/CN(C/C=C/CNS(=O)(=O)c1ccc(F)cc1)S(=O)(=O)c1ccc(F)cc1)S(=O)(=O)c1ccc(F)cc1)S(=O)(=O)c1ccc(F)cc1. The minimum absolute atomic E-state index is 0.0427. The van der Waals surface area contributed by atoms with Crippen molar-refractivity contribution in [3.8, 4) is 0 Å². The third kappa shape index (κ3) is 13.4. The third-order valence-corrected chi connectivity index (χ3v) is 15.4. The Hall–Kier alpha value is -4.80. The highest BCUT2D eigenvalue weighted by molar-refractivity contribution is 7.90. The molecule has 0 fully saturated rings. The number of sulfonamides is 4. The van der Waals surface area contributed by atoms with Gasteiger partial charge in [0.05, 0.1) is 19.6 Å². The van der Waals surface area contributed by atoms with Crippen LogP contribution in [0.1, 0.15) is 6.92 Å². The lowest BCUT2D eigenvalue weighted by Crippen LogP contribution is -2.33. The zero-order valence-corrected chi connectivity index (χ0v) is 35.3. The monoisotopic (exact) mass is 910 g/mol. The van der Waals surface area contributed by atoms with Gasteiger partial charge < -0.3 is 0 Å². The van der Waals surface area contributed by atoms with Crippen LogP contribution in [0.3, 0.4) is 0 Å². The molecule has 4 rings (SSSR count). The fourth-order valence-corrected chi connectivity index (χ4v) is 10.2. The second-order valence-corrected chi connectivity index (χ2v) is 20.2. The number of hydrogen-bond acceptors (Lipinski definition) is 8. The van der Waals surface area contributed by atoms with Crippen LogP contribution in [0.5, 0.6) is 0 Å². The van der Waals surface area contributed by atoms with Gasteiger partial charge in [-0.25, -0.2) is 56.0 Å². The van der Waals surface area contributed by atoms with Crippen LogP contribution in [0.15, 0.2) is 165 Å². The number of halogens is 4. The highest BCUT2D eigenvalue weighted by Crippen LogP contribution is 2.20. The third-order valence-electron chi connectivity index (χ3n) is 8.46. The molecule has 0 saturated heterocycles. The number of allylic oxidation sites excluding steroid dienone is 1. The second kappa shape index (κ2) is 21.6. The molecule has 0 aliphatic heterocycles. The minimum Gasteiger partial charge on any atom is -0.207 e. The van der Waals surface area contributed by atoms with Gasteiger partial charge in [0.15, 0.2) is 0 Å². The van der Waals surface area contributed by atoms with E-state index in [4.69, 9.17) is 0 Å². The van der Waals surface area contributed by atoms with Crippen LogP contribution in [0, 0.1) is 23.3 Å². The summed E-state index contributed by atoms with van der Waals surface area (Å²) in [6.45, 7) is -0.0438. The highest BCUT2D eigenvalue weighted by atomic mass is 32.2. The summed E-state index contributed by atoms with van der Waals surface area (Å²) in [6.07, 6.45) is 11.6. The van der Waals surface area contributed by atoms with E-state index in [0.29, 0.717) is 0 Å². The minimum atomic E-state index is -4.31. The van der Waals surface area contributed by atoms with E-state index in [1.807, 2.05) is 0 Å². The molecular formula is C40H42F4N4O8S4. The van der Waals surface area contributed by atoms with E-state index >= 15 is 0 Å². The van der Waals surface area contributed by atoms with E-state index in [-0.39, 0.29) is 65.4 Å². The molecule has 322 valence electrons. The first-order valence-corrected chi connectivity index (χ1v) is 23.8. The van der Waals surface area contributed by atoms with Crippen molar-refractivity contribution in [3.05, 3.63) is 169 Å². The van der Waals surface area contributed by atoms with Crippen molar-refractivity contribution in [1.82, 2.24) is 17.6 Å². The van der Waals surface area contributed by atoms with Crippen LogP contribution >= 0.6 is 0 Å². The Morgan fingerprint density at radius 3 is 0.933 bits per heavy atom. The molecule has 0 saturated carbocycles. The van der Waals surface area contributed by atoms with Gasteiger partial charge in [-0.15, -0.1) is 0 Å². The Kier molecular flexibility index (Phi) is 17.3. The fraction of sp³-hybridized carbons (Fsp3) is 0.200. The zero-order chi connectivity index (χ0) is 44.0. The topological polar surface area (TPSA) is 158 Å². The Morgan fingerprint density at radius 1 is 0.400 bits per heavy atom. The molecular weight excluding hydrogens is 869 g/mol. The van der Waals surface area contributed by atoms with Gasteiger partial charge in [0.2, 0.25) is 40.1 Å². The molecule has 4 aromatic carbocycles. The lowest BCUT2D eigenvalue weighted by Gasteiger charge is -2.21. The molecule has 0 bridgehead atoms. The summed E-state index contributed by atoms with van der Waals surface area (Å²) in [5.74, 6) is -2.59. The predicted molar refractivity (Wildman–Crippen MR) is 219 cm³/mol. The van der Waals surface area contributed by atoms with Crippen molar-refractivity contribution in [3.63, 3.8) is 0 Å². The maximum Gasteiger partial charge on any atom is 0.243 e. The van der Waals surface area contributed by atoms with Crippen LogP contribution in [0.2, 0.25) is 0 Å². The van der Waals surface area contributed by atoms with Gasteiger partial charge in [-0.05, 0) is 104 Å². The molecule has 0 unspecified atom stereocenters. The van der Waals surface area contributed by atoms with Crippen molar-refractivity contribution >= 4 is 40.1 Å². The molecule has 0 atom stereocenters. The molecule has 4 aromatic rings. The number of nitrogens with one attached hydrogen (secondary N) is 1. The first-order valence-electron chi connectivity index (χ1n) is 18.0. The van der Waals surface area contributed by atoms with Crippen molar-refractivity contribution in [2.45, 2.75) is 26.5 Å². The second-order valence-electron chi connectivity index (χ2n) is 12.6. The number of hydrogen-bond donors (Lipinski definition) is 1. The average Bonchev–Trinajstić information content (AvgIpc) is 3.20. The van der Waals surface area contributed by atoms with Crippen molar-refractivity contribution < 1.29 is 51.2 Å². The highest BCUT2D eigenvalue weighted by Gasteiger charge is 2.26. The summed E-state index contributed by atoms with van der Waals surface area (Å²) in [7, 11) is -16.7. The zero-order valence-electron chi connectivity index (χ0n) is 32.1. The van der Waals surface area contributed by atoms with E-state index < -0.39 is 63.4 Å². The molecule has 60 heavy (non-hydrogen) atoms. The van der Waals surface area contributed by atoms with E-state index in [1.165, 1.54) is 36.5 Å². The first kappa shape index (κ1) is 47.9. The molecule has 0 aliphatic rings. The average molecular weight is 911 g/mol. The summed E-state index contributed by atoms with van der Waals surface area (Å²) in [5.41, 5.74) is 0. The van der Waals surface area contributed by atoms with Crippen molar-refractivity contribution in [2.24, 2.45) is 0 Å². The quantitative estimate of drug-likeness (QED) is 0.0762. The van der Waals surface area contributed by atoms with Gasteiger partial charge >= 0.3 is 0 Å². The molecule has 0 aliphatic carbocycles. The van der Waals surface area contributed by atoms with Gasteiger partial charge in [-0.1, -0.05) is 48.6 Å². The molecule has 0 amide bonds. The molecule has 0 heterocycles. The van der Waals surface area contributed by atoms with Crippen LogP contribution < -0.4 is 4.72 Å². The Morgan fingerprint density at radius 2 is 0.650 bits per heavy atom. The molecule has 12 nitrogen and oxygen atoms in total. The molecule has 0 aromatic heterocycles. The number of rotatable bonds is 22. The maximum absolute atomic E-state index is 13.7. The van der Waals surface area contributed by atoms with Crippen LogP contribution in [0.4, 0.5) is 17.6 Å². The normalized spacial score (nSPS) is 13.3. The lowest BCUT2D eigenvalue weighted by molar-refractivity contribution is 0.462. The predicted octanol–water partition coefficient (Wildman–Crippen LogP) is 5.84. The standard InChI is InChI=1S/C40H42F4N4O8S4/c1-2-3-27-46(58(51,52)38-20-12-34(42)13-21-38)29-6-7-31-48(60(55,56)40-24-16-36(44)17-25-40)32-9-8-30-47(59(53,54)39-22-14-35(43)15-23-39)28-5-4-26-45-57(49,50)37-18-10-33(41)11-19-37/h2-25,45H,26-32H2,1H3/b3-2+,5-4+,7-6+,9-8+. The van der Waals surface area contributed by atoms with E-state index in [1.54, 1.807) is 19.1 Å². The summed E-state index contributed by atoms with van der Waals surface area (Å²) in [6, 6.07) is 16.6. The Balaban J connectivity index is 1.54. The van der Waals surface area contributed by atoms with Crippen molar-refractivity contribution in [2.75, 3.05) is 45.8 Å². The lowest BCUT2D eigenvalue weighted by atomic mass is 10.4. The summed E-state index contributed by atoms with van der Waals surface area (Å²) < 4.78 is 166. The Bertz CT molecular complexity index is 2610. The van der Waals surface area contributed by atoms with E-state index in [0.717, 1.165) is 110 Å². The van der Waals surface area contributed by atoms with E-state index in [2.05, 4.69) is 4.72 Å². The molecule has 1 N–H and O–H groups in total. The maximum atomic E-state index is 13.7. The Labute approximate surface area is 348 Å². The summed E-state index contributed by atoms with van der Waals surface area (Å²) in [5, 5.41) is 0. The molecule has 0 radical (unpaired) electrons. The molecule has 20 heteroatoms. The van der Waals surface area contributed by atoms with Gasteiger partial charge in [0.25, 0.3) is 0 Å². The van der Waals surface area contributed by atoms with Gasteiger partial charge in [0, 0.05) is 45.8 Å². The van der Waals surface area contributed by atoms with Gasteiger partial charge in [0.1, 0.15) is 23.3 Å². The van der Waals surface area contributed by atoms with Gasteiger partial charge in [-0.3, -0.25) is 0 Å². The van der Waals surface area contributed by atoms with Crippen LogP contribution in [-0.4, -0.2) is 92.4 Å². The fourth-order valence-electron chi connectivity index (χ4n) is 5.20. The largest absolute Gasteiger partial charge is 0.243 e. The summed E-state index contributed by atoms with van der Waals surface area (Å²) >= 11 is 0. The summed E-state index contributed by atoms with van der Waals surface area (Å²) in [4.78, 5) is -0.835. The van der Waals surface area contributed by atoms with Crippen LogP contribution in [0.25, 0.3) is 0 Å². The number of nitrogens with zero attached hydrogens (tertiary/aromatic N) is 3. The van der Waals surface area contributed by atoms with Crippen LogP contribution in [-0.2, 0) is 40.1 Å².